The molecule has 0 aromatic heterocycles. The highest BCUT2D eigenvalue weighted by molar-refractivity contribution is 7.80. The van der Waals surface area contributed by atoms with Crippen molar-refractivity contribution in [3.63, 3.8) is 0 Å². The van der Waals surface area contributed by atoms with Gasteiger partial charge in [0, 0.05) is 17.3 Å². The molecule has 0 bridgehead atoms. The van der Waals surface area contributed by atoms with E-state index in [0.29, 0.717) is 17.6 Å². The summed E-state index contributed by atoms with van der Waals surface area (Å²) in [5.74, 6) is 0.640. The van der Waals surface area contributed by atoms with Gasteiger partial charge in [-0.25, -0.2) is 0 Å². The van der Waals surface area contributed by atoms with Crippen LogP contribution in [0.1, 0.15) is 43.7 Å². The number of nitrogens with two attached hydrogens (primary N) is 1. The van der Waals surface area contributed by atoms with Gasteiger partial charge < -0.3 is 11.1 Å². The molecule has 1 aromatic carbocycles. The Labute approximate surface area is 127 Å². The molecule has 6 heteroatoms. The standard InChI is InChI=1S/C15H19F3N2S/c1-9-3-2-4-10(7-9)20-11-5-6-13(15(16,17)18)12(8-11)14(19)21/h5-6,8-10,20H,2-4,7H2,1H3,(H2,19,21). The summed E-state index contributed by atoms with van der Waals surface area (Å²) >= 11 is 4.75. The zero-order chi connectivity index (χ0) is 15.6. The van der Waals surface area contributed by atoms with E-state index >= 15 is 0 Å². The van der Waals surface area contributed by atoms with Gasteiger partial charge in [-0.2, -0.15) is 13.2 Å². The van der Waals surface area contributed by atoms with Crippen LogP contribution in [0.2, 0.25) is 0 Å². The molecule has 0 aliphatic heterocycles. The number of anilines is 1. The molecule has 0 amide bonds. The van der Waals surface area contributed by atoms with Crippen molar-refractivity contribution in [1.82, 2.24) is 0 Å². The van der Waals surface area contributed by atoms with Crippen molar-refractivity contribution < 1.29 is 13.2 Å². The maximum absolute atomic E-state index is 12.9. The van der Waals surface area contributed by atoms with E-state index in [1.165, 1.54) is 18.6 Å². The molecule has 3 N–H and O–H groups in total. The summed E-state index contributed by atoms with van der Waals surface area (Å²) in [7, 11) is 0. The normalized spacial score (nSPS) is 22.9. The minimum Gasteiger partial charge on any atom is -0.389 e. The smallest absolute Gasteiger partial charge is 0.389 e. The first kappa shape index (κ1) is 16.1. The molecule has 116 valence electrons. The Morgan fingerprint density at radius 1 is 1.33 bits per heavy atom. The number of alkyl halides is 3. The summed E-state index contributed by atoms with van der Waals surface area (Å²) in [6, 6.07) is 4.20. The zero-order valence-electron chi connectivity index (χ0n) is 11.8. The lowest BCUT2D eigenvalue weighted by atomic mass is 9.87. The summed E-state index contributed by atoms with van der Waals surface area (Å²) in [5.41, 5.74) is 5.18. The van der Waals surface area contributed by atoms with Crippen molar-refractivity contribution in [1.29, 1.82) is 0 Å². The topological polar surface area (TPSA) is 38.0 Å². The zero-order valence-corrected chi connectivity index (χ0v) is 12.7. The summed E-state index contributed by atoms with van der Waals surface area (Å²) in [6.45, 7) is 2.20. The van der Waals surface area contributed by atoms with Gasteiger partial charge in [-0.05, 0) is 37.0 Å². The molecule has 2 unspecified atom stereocenters. The van der Waals surface area contributed by atoms with E-state index in [2.05, 4.69) is 12.2 Å². The van der Waals surface area contributed by atoms with Crippen molar-refractivity contribution >= 4 is 22.9 Å². The predicted octanol–water partition coefficient (Wildman–Crippen LogP) is 4.33. The number of rotatable bonds is 3. The number of hydrogen-bond donors (Lipinski definition) is 2. The third-order valence-electron chi connectivity index (χ3n) is 3.90. The van der Waals surface area contributed by atoms with Crippen LogP contribution in [-0.4, -0.2) is 11.0 Å². The average molecular weight is 316 g/mol. The third kappa shape index (κ3) is 4.09. The minimum atomic E-state index is -4.45. The Balaban J connectivity index is 2.22. The second-order valence-corrected chi connectivity index (χ2v) is 6.18. The van der Waals surface area contributed by atoms with Crippen LogP contribution in [0.25, 0.3) is 0 Å². The van der Waals surface area contributed by atoms with E-state index < -0.39 is 11.7 Å². The van der Waals surface area contributed by atoms with Crippen molar-refractivity contribution in [2.24, 2.45) is 11.7 Å². The lowest BCUT2D eigenvalue weighted by molar-refractivity contribution is -0.137. The maximum Gasteiger partial charge on any atom is 0.417 e. The van der Waals surface area contributed by atoms with Gasteiger partial charge in [-0.15, -0.1) is 0 Å². The highest BCUT2D eigenvalue weighted by atomic mass is 32.1. The fourth-order valence-electron chi connectivity index (χ4n) is 2.89. The Morgan fingerprint density at radius 2 is 2.05 bits per heavy atom. The van der Waals surface area contributed by atoms with E-state index in [9.17, 15) is 13.2 Å². The van der Waals surface area contributed by atoms with Crippen LogP contribution in [0.15, 0.2) is 18.2 Å². The highest BCUT2D eigenvalue weighted by Gasteiger charge is 2.34. The highest BCUT2D eigenvalue weighted by Crippen LogP contribution is 2.34. The van der Waals surface area contributed by atoms with Gasteiger partial charge in [0.05, 0.1) is 5.56 Å². The van der Waals surface area contributed by atoms with Crippen molar-refractivity contribution in [3.8, 4) is 0 Å². The molecule has 21 heavy (non-hydrogen) atoms. The van der Waals surface area contributed by atoms with Crippen LogP contribution in [0, 0.1) is 5.92 Å². The molecule has 0 spiro atoms. The molecular formula is C15H19F3N2S. The van der Waals surface area contributed by atoms with Gasteiger partial charge in [-0.3, -0.25) is 0 Å². The van der Waals surface area contributed by atoms with Crippen LogP contribution in [0.5, 0.6) is 0 Å². The largest absolute Gasteiger partial charge is 0.417 e. The molecule has 1 aliphatic carbocycles. The summed E-state index contributed by atoms with van der Waals surface area (Å²) in [5, 5.41) is 3.30. The molecule has 1 saturated carbocycles. The van der Waals surface area contributed by atoms with Crippen LogP contribution in [0.3, 0.4) is 0 Å². The number of halogens is 3. The number of nitrogens with one attached hydrogen (secondary N) is 1. The van der Waals surface area contributed by atoms with Crippen LogP contribution >= 0.6 is 12.2 Å². The van der Waals surface area contributed by atoms with Gasteiger partial charge in [0.15, 0.2) is 0 Å². The Kier molecular flexibility index (Phi) is 4.76. The average Bonchev–Trinajstić information content (AvgIpc) is 2.37. The first-order chi connectivity index (χ1) is 9.77. The summed E-state index contributed by atoms with van der Waals surface area (Å²) in [6.07, 6.45) is -0.0290. The van der Waals surface area contributed by atoms with E-state index in [0.717, 1.165) is 25.3 Å². The fourth-order valence-corrected chi connectivity index (χ4v) is 3.05. The first-order valence-corrected chi connectivity index (χ1v) is 7.46. The second kappa shape index (κ2) is 6.22. The Bertz CT molecular complexity index is 528. The van der Waals surface area contributed by atoms with Crippen LogP contribution < -0.4 is 11.1 Å². The SMILES string of the molecule is CC1CCCC(Nc2ccc(C(F)(F)F)c(C(N)=S)c2)C1. The quantitative estimate of drug-likeness (QED) is 0.815. The molecule has 2 atom stereocenters. The van der Waals surface area contributed by atoms with E-state index in [1.54, 1.807) is 0 Å². The molecule has 2 rings (SSSR count). The Hall–Kier alpha value is -1.30. The monoisotopic (exact) mass is 316 g/mol. The predicted molar refractivity (Wildman–Crippen MR) is 82.4 cm³/mol. The van der Waals surface area contributed by atoms with Crippen LogP contribution in [-0.2, 0) is 6.18 Å². The van der Waals surface area contributed by atoms with E-state index in [4.69, 9.17) is 18.0 Å². The number of benzene rings is 1. The lowest BCUT2D eigenvalue weighted by Gasteiger charge is -2.28. The molecule has 0 saturated heterocycles. The molecule has 2 nitrogen and oxygen atoms in total. The molecule has 0 heterocycles. The van der Waals surface area contributed by atoms with Gasteiger partial charge in [0.25, 0.3) is 0 Å². The van der Waals surface area contributed by atoms with Crippen molar-refractivity contribution in [3.05, 3.63) is 29.3 Å². The number of hydrogen-bond acceptors (Lipinski definition) is 2. The van der Waals surface area contributed by atoms with Gasteiger partial charge in [0.1, 0.15) is 4.99 Å². The second-order valence-electron chi connectivity index (χ2n) is 5.74. The summed E-state index contributed by atoms with van der Waals surface area (Å²) in [4.78, 5) is -0.233. The molecule has 1 aromatic rings. The van der Waals surface area contributed by atoms with Gasteiger partial charge in [0.2, 0.25) is 0 Å². The third-order valence-corrected chi connectivity index (χ3v) is 4.12. The molecule has 1 fully saturated rings. The van der Waals surface area contributed by atoms with Gasteiger partial charge >= 0.3 is 6.18 Å². The van der Waals surface area contributed by atoms with Crippen molar-refractivity contribution in [2.75, 3.05) is 5.32 Å². The van der Waals surface area contributed by atoms with Crippen molar-refractivity contribution in [2.45, 2.75) is 44.8 Å². The lowest BCUT2D eigenvalue weighted by Crippen LogP contribution is -2.26. The maximum atomic E-state index is 12.9. The summed E-state index contributed by atoms with van der Waals surface area (Å²) < 4.78 is 38.7. The molecule has 0 radical (unpaired) electrons. The van der Waals surface area contributed by atoms with Crippen LogP contribution in [0.4, 0.5) is 18.9 Å². The van der Waals surface area contributed by atoms with Gasteiger partial charge in [-0.1, -0.05) is 32.0 Å². The minimum absolute atomic E-state index is 0.119. The van der Waals surface area contributed by atoms with E-state index in [-0.39, 0.29) is 10.6 Å². The first-order valence-electron chi connectivity index (χ1n) is 7.05. The molecule has 1 aliphatic rings. The fraction of sp³-hybridized carbons (Fsp3) is 0.533. The number of thiocarbonyl (C=S) groups is 1. The van der Waals surface area contributed by atoms with E-state index in [1.807, 2.05) is 0 Å². The molecular weight excluding hydrogens is 297 g/mol. The Morgan fingerprint density at radius 3 is 2.62 bits per heavy atom.